The van der Waals surface area contributed by atoms with Crippen molar-refractivity contribution in [3.8, 4) is 5.75 Å². The molecule has 0 amide bonds. The summed E-state index contributed by atoms with van der Waals surface area (Å²) in [6.07, 6.45) is 1.01. The maximum absolute atomic E-state index is 5.82. The molecule has 1 aromatic heterocycles. The van der Waals surface area contributed by atoms with E-state index >= 15 is 0 Å². The molecule has 1 N–H and O–H groups in total. The monoisotopic (exact) mass is 244 g/mol. The molecule has 0 aliphatic rings. The van der Waals surface area contributed by atoms with E-state index in [9.17, 15) is 0 Å². The summed E-state index contributed by atoms with van der Waals surface area (Å²) in [7, 11) is 0. The summed E-state index contributed by atoms with van der Waals surface area (Å²) >= 11 is 0. The zero-order valence-corrected chi connectivity index (χ0v) is 11.1. The SMILES string of the molecule is CCNCCCOc1cccc2ccc(C)nc12. The number of aromatic nitrogens is 1. The molecule has 0 saturated heterocycles. The molecule has 1 heterocycles. The van der Waals surface area contributed by atoms with Gasteiger partial charge in [-0.2, -0.15) is 0 Å². The quantitative estimate of drug-likeness (QED) is 0.793. The van der Waals surface area contributed by atoms with Crippen LogP contribution in [0.15, 0.2) is 30.3 Å². The molecule has 0 unspecified atom stereocenters. The lowest BCUT2D eigenvalue weighted by molar-refractivity contribution is 0.311. The van der Waals surface area contributed by atoms with Crippen LogP contribution in [0.2, 0.25) is 0 Å². The smallest absolute Gasteiger partial charge is 0.145 e. The number of rotatable bonds is 6. The van der Waals surface area contributed by atoms with E-state index in [1.807, 2.05) is 25.1 Å². The van der Waals surface area contributed by atoms with E-state index in [1.165, 1.54) is 0 Å². The molecule has 96 valence electrons. The molecule has 0 radical (unpaired) electrons. The van der Waals surface area contributed by atoms with Gasteiger partial charge in [-0.25, -0.2) is 4.98 Å². The lowest BCUT2D eigenvalue weighted by Crippen LogP contribution is -2.16. The second kappa shape index (κ2) is 6.36. The highest BCUT2D eigenvalue weighted by atomic mass is 16.5. The first kappa shape index (κ1) is 12.8. The van der Waals surface area contributed by atoms with Gasteiger partial charge in [-0.15, -0.1) is 0 Å². The third kappa shape index (κ3) is 3.20. The zero-order chi connectivity index (χ0) is 12.8. The predicted molar refractivity (Wildman–Crippen MR) is 75.1 cm³/mol. The molecule has 0 aliphatic heterocycles. The molecule has 0 atom stereocenters. The van der Waals surface area contributed by atoms with Crippen LogP contribution in [0, 0.1) is 6.92 Å². The number of benzene rings is 1. The number of nitrogens with one attached hydrogen (secondary N) is 1. The van der Waals surface area contributed by atoms with Crippen molar-refractivity contribution < 1.29 is 4.74 Å². The number of pyridine rings is 1. The number of para-hydroxylation sites is 1. The number of ether oxygens (including phenoxy) is 1. The molecule has 0 saturated carbocycles. The van der Waals surface area contributed by atoms with Gasteiger partial charge < -0.3 is 10.1 Å². The topological polar surface area (TPSA) is 34.1 Å². The Balaban J connectivity index is 2.05. The molecule has 0 spiro atoms. The normalized spacial score (nSPS) is 10.8. The Bertz CT molecular complexity index is 511. The number of hydrogen-bond acceptors (Lipinski definition) is 3. The third-order valence-corrected chi connectivity index (χ3v) is 2.83. The number of aryl methyl sites for hydroxylation is 1. The molecule has 3 nitrogen and oxygen atoms in total. The van der Waals surface area contributed by atoms with Gasteiger partial charge in [0.25, 0.3) is 0 Å². The van der Waals surface area contributed by atoms with E-state index in [2.05, 4.69) is 29.4 Å². The van der Waals surface area contributed by atoms with Crippen molar-refractivity contribution in [2.45, 2.75) is 20.3 Å². The Morgan fingerprint density at radius 2 is 2.11 bits per heavy atom. The first-order valence-electron chi connectivity index (χ1n) is 6.51. The van der Waals surface area contributed by atoms with Gasteiger partial charge in [0.2, 0.25) is 0 Å². The van der Waals surface area contributed by atoms with E-state index in [1.54, 1.807) is 0 Å². The van der Waals surface area contributed by atoms with Gasteiger partial charge in [-0.1, -0.05) is 25.1 Å². The molecule has 0 fully saturated rings. The highest BCUT2D eigenvalue weighted by molar-refractivity contribution is 5.84. The molecule has 1 aromatic carbocycles. The molecule has 2 rings (SSSR count). The minimum absolute atomic E-state index is 0.724. The van der Waals surface area contributed by atoms with Crippen molar-refractivity contribution in [1.82, 2.24) is 10.3 Å². The van der Waals surface area contributed by atoms with Gasteiger partial charge in [0.15, 0.2) is 0 Å². The summed E-state index contributed by atoms with van der Waals surface area (Å²) < 4.78 is 5.82. The molecular weight excluding hydrogens is 224 g/mol. The standard InChI is InChI=1S/C15H20N2O/c1-3-16-10-5-11-18-14-7-4-6-13-9-8-12(2)17-15(13)14/h4,6-9,16H,3,5,10-11H2,1-2H3. The Hall–Kier alpha value is -1.61. The molecular formula is C15H20N2O. The van der Waals surface area contributed by atoms with Crippen molar-refractivity contribution in [3.63, 3.8) is 0 Å². The van der Waals surface area contributed by atoms with E-state index in [4.69, 9.17) is 4.74 Å². The minimum Gasteiger partial charge on any atom is -0.491 e. The van der Waals surface area contributed by atoms with E-state index in [-0.39, 0.29) is 0 Å². The third-order valence-electron chi connectivity index (χ3n) is 2.83. The second-order valence-electron chi connectivity index (χ2n) is 4.34. The van der Waals surface area contributed by atoms with Crippen LogP contribution in [0.25, 0.3) is 10.9 Å². The molecule has 2 aromatic rings. The van der Waals surface area contributed by atoms with E-state index in [0.717, 1.165) is 48.5 Å². The van der Waals surface area contributed by atoms with Gasteiger partial charge in [0.05, 0.1) is 6.61 Å². The van der Waals surface area contributed by atoms with Gasteiger partial charge in [-0.05, 0) is 38.6 Å². The second-order valence-corrected chi connectivity index (χ2v) is 4.34. The lowest BCUT2D eigenvalue weighted by atomic mass is 10.2. The summed E-state index contributed by atoms with van der Waals surface area (Å²) in [6, 6.07) is 10.2. The number of fused-ring (bicyclic) bond motifs is 1. The van der Waals surface area contributed by atoms with E-state index in [0.29, 0.717) is 0 Å². The molecule has 3 heteroatoms. The summed E-state index contributed by atoms with van der Waals surface area (Å²) in [6.45, 7) is 6.84. The first-order valence-corrected chi connectivity index (χ1v) is 6.51. The maximum atomic E-state index is 5.82. The fourth-order valence-corrected chi connectivity index (χ4v) is 1.89. The molecule has 0 aliphatic carbocycles. The highest BCUT2D eigenvalue weighted by Crippen LogP contribution is 2.23. The van der Waals surface area contributed by atoms with Crippen molar-refractivity contribution >= 4 is 10.9 Å². The van der Waals surface area contributed by atoms with Crippen LogP contribution in [-0.2, 0) is 0 Å². The summed E-state index contributed by atoms with van der Waals surface area (Å²) in [5.41, 5.74) is 1.98. The van der Waals surface area contributed by atoms with Crippen LogP contribution >= 0.6 is 0 Å². The number of hydrogen-bond donors (Lipinski definition) is 1. The first-order chi connectivity index (χ1) is 8.81. The van der Waals surface area contributed by atoms with Crippen LogP contribution < -0.4 is 10.1 Å². The van der Waals surface area contributed by atoms with Crippen molar-refractivity contribution in [2.24, 2.45) is 0 Å². The van der Waals surface area contributed by atoms with E-state index < -0.39 is 0 Å². The summed E-state index contributed by atoms with van der Waals surface area (Å²) in [4.78, 5) is 4.55. The van der Waals surface area contributed by atoms with Crippen LogP contribution in [0.5, 0.6) is 5.75 Å². The van der Waals surface area contributed by atoms with Gasteiger partial charge in [-0.3, -0.25) is 0 Å². The molecule has 0 bridgehead atoms. The van der Waals surface area contributed by atoms with Crippen molar-refractivity contribution in [3.05, 3.63) is 36.0 Å². The maximum Gasteiger partial charge on any atom is 0.145 e. The average Bonchev–Trinajstić information content (AvgIpc) is 2.39. The van der Waals surface area contributed by atoms with Crippen molar-refractivity contribution in [1.29, 1.82) is 0 Å². The van der Waals surface area contributed by atoms with Crippen molar-refractivity contribution in [2.75, 3.05) is 19.7 Å². The fourth-order valence-electron chi connectivity index (χ4n) is 1.89. The minimum atomic E-state index is 0.724. The van der Waals surface area contributed by atoms with Gasteiger partial charge in [0, 0.05) is 11.1 Å². The fraction of sp³-hybridized carbons (Fsp3) is 0.400. The Morgan fingerprint density at radius 3 is 2.94 bits per heavy atom. The summed E-state index contributed by atoms with van der Waals surface area (Å²) in [5, 5.41) is 4.41. The average molecular weight is 244 g/mol. The van der Waals surface area contributed by atoms with Crippen LogP contribution in [0.4, 0.5) is 0 Å². The Labute approximate surface area is 108 Å². The highest BCUT2D eigenvalue weighted by Gasteiger charge is 2.03. The zero-order valence-electron chi connectivity index (χ0n) is 11.1. The molecule has 18 heavy (non-hydrogen) atoms. The Morgan fingerprint density at radius 1 is 1.22 bits per heavy atom. The number of nitrogens with zero attached hydrogens (tertiary/aromatic N) is 1. The van der Waals surface area contributed by atoms with Crippen LogP contribution in [0.3, 0.4) is 0 Å². The largest absolute Gasteiger partial charge is 0.491 e. The van der Waals surface area contributed by atoms with Gasteiger partial charge >= 0.3 is 0 Å². The van der Waals surface area contributed by atoms with Crippen LogP contribution in [-0.4, -0.2) is 24.7 Å². The Kier molecular flexibility index (Phi) is 4.53. The lowest BCUT2D eigenvalue weighted by Gasteiger charge is -2.09. The summed E-state index contributed by atoms with van der Waals surface area (Å²) in [5.74, 6) is 0.882. The van der Waals surface area contributed by atoms with Crippen LogP contribution in [0.1, 0.15) is 19.0 Å². The predicted octanol–water partition coefficient (Wildman–Crippen LogP) is 2.92. The van der Waals surface area contributed by atoms with Gasteiger partial charge in [0.1, 0.15) is 11.3 Å².